The molecule has 0 aromatic rings. The van der Waals surface area contributed by atoms with E-state index < -0.39 is 0 Å². The molecular weight excluding hydrogens is 168 g/mol. The standard InChI is InChI=1S/C9H16N2S/c1-9(3-2-4-9)7-11-8-10-5-6-12-8/h2-7H2,1H3,(H,10,11). The van der Waals surface area contributed by atoms with Gasteiger partial charge in [-0.3, -0.25) is 4.99 Å². The number of hydrogen-bond donors (Lipinski definition) is 1. The topological polar surface area (TPSA) is 24.4 Å². The van der Waals surface area contributed by atoms with E-state index >= 15 is 0 Å². The number of rotatable bonds is 2. The Morgan fingerprint density at radius 2 is 2.42 bits per heavy atom. The van der Waals surface area contributed by atoms with Crippen molar-refractivity contribution in [3.05, 3.63) is 0 Å². The smallest absolute Gasteiger partial charge is 0.156 e. The number of thioether (sulfide) groups is 1. The van der Waals surface area contributed by atoms with E-state index in [0.717, 1.165) is 13.1 Å². The molecule has 0 saturated heterocycles. The molecule has 0 spiro atoms. The summed E-state index contributed by atoms with van der Waals surface area (Å²) in [6.07, 6.45) is 4.19. The molecule has 2 nitrogen and oxygen atoms in total. The van der Waals surface area contributed by atoms with Crippen molar-refractivity contribution in [1.82, 2.24) is 5.32 Å². The SMILES string of the molecule is CC1(CNC2=NCCS2)CCC1. The molecule has 0 unspecified atom stereocenters. The lowest BCUT2D eigenvalue weighted by Crippen LogP contribution is -2.38. The Kier molecular flexibility index (Phi) is 2.31. The summed E-state index contributed by atoms with van der Waals surface area (Å²) in [7, 11) is 0. The van der Waals surface area contributed by atoms with Crippen LogP contribution >= 0.6 is 11.8 Å². The second kappa shape index (κ2) is 3.29. The summed E-state index contributed by atoms with van der Waals surface area (Å²) in [5, 5.41) is 4.61. The van der Waals surface area contributed by atoms with Crippen molar-refractivity contribution in [1.29, 1.82) is 0 Å². The summed E-state index contributed by atoms with van der Waals surface area (Å²) in [6.45, 7) is 4.49. The molecule has 3 heteroatoms. The second-order valence-corrected chi connectivity index (χ2v) is 5.14. The molecule has 2 rings (SSSR count). The second-order valence-electron chi connectivity index (χ2n) is 4.05. The van der Waals surface area contributed by atoms with Gasteiger partial charge in [-0.1, -0.05) is 25.1 Å². The molecule has 1 aliphatic heterocycles. The molecule has 1 aliphatic carbocycles. The fourth-order valence-electron chi connectivity index (χ4n) is 1.69. The molecule has 1 saturated carbocycles. The van der Waals surface area contributed by atoms with Gasteiger partial charge in [0.05, 0.1) is 6.54 Å². The van der Waals surface area contributed by atoms with Gasteiger partial charge < -0.3 is 5.32 Å². The molecule has 0 amide bonds. The van der Waals surface area contributed by atoms with Crippen molar-refractivity contribution < 1.29 is 0 Å². The minimum absolute atomic E-state index is 0.575. The van der Waals surface area contributed by atoms with Crippen LogP contribution < -0.4 is 5.32 Å². The molecule has 68 valence electrons. The minimum Gasteiger partial charge on any atom is -0.364 e. The first-order valence-corrected chi connectivity index (χ1v) is 5.68. The van der Waals surface area contributed by atoms with Crippen LogP contribution in [0.15, 0.2) is 4.99 Å². The van der Waals surface area contributed by atoms with Gasteiger partial charge in [0.15, 0.2) is 5.17 Å². The fourth-order valence-corrected chi connectivity index (χ4v) is 2.42. The number of nitrogens with one attached hydrogen (secondary N) is 1. The summed E-state index contributed by atoms with van der Waals surface area (Å²) < 4.78 is 0. The normalized spacial score (nSPS) is 26.2. The predicted molar refractivity (Wildman–Crippen MR) is 54.7 cm³/mol. The molecule has 0 radical (unpaired) electrons. The van der Waals surface area contributed by atoms with Crippen LogP contribution in [0.25, 0.3) is 0 Å². The zero-order valence-electron chi connectivity index (χ0n) is 7.60. The van der Waals surface area contributed by atoms with E-state index in [1.807, 2.05) is 11.8 Å². The zero-order valence-corrected chi connectivity index (χ0v) is 8.41. The molecule has 0 aromatic heterocycles. The van der Waals surface area contributed by atoms with E-state index in [9.17, 15) is 0 Å². The molecular formula is C9H16N2S. The maximum absolute atomic E-state index is 4.37. The van der Waals surface area contributed by atoms with Crippen molar-refractivity contribution in [2.75, 3.05) is 18.8 Å². The lowest BCUT2D eigenvalue weighted by molar-refractivity contribution is 0.166. The van der Waals surface area contributed by atoms with Gasteiger partial charge in [0.2, 0.25) is 0 Å². The summed E-state index contributed by atoms with van der Waals surface area (Å²) in [4.78, 5) is 4.37. The van der Waals surface area contributed by atoms with Gasteiger partial charge in [-0.2, -0.15) is 0 Å². The summed E-state index contributed by atoms with van der Waals surface area (Å²) >= 11 is 1.86. The number of amidine groups is 1. The molecule has 2 aliphatic rings. The van der Waals surface area contributed by atoms with Gasteiger partial charge in [-0.15, -0.1) is 0 Å². The first kappa shape index (κ1) is 8.42. The van der Waals surface area contributed by atoms with Gasteiger partial charge in [0.1, 0.15) is 0 Å². The van der Waals surface area contributed by atoms with Gasteiger partial charge in [0, 0.05) is 12.3 Å². The monoisotopic (exact) mass is 184 g/mol. The molecule has 0 atom stereocenters. The third-order valence-electron chi connectivity index (χ3n) is 2.81. The lowest BCUT2D eigenvalue weighted by atomic mass is 9.70. The van der Waals surface area contributed by atoms with Crippen LogP contribution in [0.2, 0.25) is 0 Å². The van der Waals surface area contributed by atoms with Gasteiger partial charge in [-0.25, -0.2) is 0 Å². The Hall–Kier alpha value is -0.180. The molecule has 0 aromatic carbocycles. The van der Waals surface area contributed by atoms with E-state index in [4.69, 9.17) is 0 Å². The Bertz CT molecular complexity index is 197. The Morgan fingerprint density at radius 1 is 1.58 bits per heavy atom. The fraction of sp³-hybridized carbons (Fsp3) is 0.889. The average Bonchev–Trinajstić information content (AvgIpc) is 2.49. The molecule has 1 N–H and O–H groups in total. The first-order valence-electron chi connectivity index (χ1n) is 4.70. The highest BCUT2D eigenvalue weighted by molar-refractivity contribution is 8.14. The van der Waals surface area contributed by atoms with Crippen LogP contribution in [0, 0.1) is 5.41 Å². The van der Waals surface area contributed by atoms with Crippen molar-refractivity contribution in [3.63, 3.8) is 0 Å². The first-order chi connectivity index (χ1) is 5.79. The maximum atomic E-state index is 4.37. The van der Waals surface area contributed by atoms with E-state index in [1.54, 1.807) is 0 Å². The van der Waals surface area contributed by atoms with E-state index in [1.165, 1.54) is 30.2 Å². The Labute approximate surface area is 78.2 Å². The van der Waals surface area contributed by atoms with Gasteiger partial charge >= 0.3 is 0 Å². The van der Waals surface area contributed by atoms with Crippen molar-refractivity contribution in [2.24, 2.45) is 10.4 Å². The third kappa shape index (κ3) is 1.76. The van der Waals surface area contributed by atoms with Gasteiger partial charge in [0.25, 0.3) is 0 Å². The summed E-state index contributed by atoms with van der Waals surface area (Å²) in [6, 6.07) is 0. The quantitative estimate of drug-likeness (QED) is 0.708. The van der Waals surface area contributed by atoms with Crippen LogP contribution in [0.3, 0.4) is 0 Å². The highest BCUT2D eigenvalue weighted by Gasteiger charge is 2.31. The number of hydrogen-bond acceptors (Lipinski definition) is 3. The highest BCUT2D eigenvalue weighted by Crippen LogP contribution is 2.39. The number of aliphatic imine (C=N–C) groups is 1. The largest absolute Gasteiger partial charge is 0.364 e. The van der Waals surface area contributed by atoms with Crippen LogP contribution in [-0.2, 0) is 0 Å². The third-order valence-corrected chi connectivity index (χ3v) is 3.75. The highest BCUT2D eigenvalue weighted by atomic mass is 32.2. The maximum Gasteiger partial charge on any atom is 0.156 e. The Morgan fingerprint density at radius 3 is 2.92 bits per heavy atom. The van der Waals surface area contributed by atoms with E-state index in [0.29, 0.717) is 5.41 Å². The minimum atomic E-state index is 0.575. The molecule has 1 fully saturated rings. The predicted octanol–water partition coefficient (Wildman–Crippen LogP) is 1.87. The molecule has 1 heterocycles. The van der Waals surface area contributed by atoms with Crippen LogP contribution in [0.4, 0.5) is 0 Å². The number of nitrogens with zero attached hydrogens (tertiary/aromatic N) is 1. The lowest BCUT2D eigenvalue weighted by Gasteiger charge is -2.38. The van der Waals surface area contributed by atoms with Crippen LogP contribution in [0.1, 0.15) is 26.2 Å². The van der Waals surface area contributed by atoms with Crippen molar-refractivity contribution in [2.45, 2.75) is 26.2 Å². The summed E-state index contributed by atoms with van der Waals surface area (Å²) in [5.41, 5.74) is 0.575. The average molecular weight is 184 g/mol. The van der Waals surface area contributed by atoms with Crippen molar-refractivity contribution in [3.8, 4) is 0 Å². The van der Waals surface area contributed by atoms with Crippen LogP contribution in [-0.4, -0.2) is 24.0 Å². The van der Waals surface area contributed by atoms with Gasteiger partial charge in [-0.05, 0) is 18.3 Å². The zero-order chi connectivity index (χ0) is 8.44. The molecule has 12 heavy (non-hydrogen) atoms. The van der Waals surface area contributed by atoms with Crippen LogP contribution in [0.5, 0.6) is 0 Å². The Balaban J connectivity index is 1.74. The van der Waals surface area contributed by atoms with Crippen molar-refractivity contribution >= 4 is 16.9 Å². The molecule has 0 bridgehead atoms. The van der Waals surface area contributed by atoms with E-state index in [-0.39, 0.29) is 0 Å². The summed E-state index contributed by atoms with van der Waals surface area (Å²) in [5.74, 6) is 1.17. The van der Waals surface area contributed by atoms with E-state index in [2.05, 4.69) is 17.2 Å².